The van der Waals surface area contributed by atoms with Crippen molar-refractivity contribution >= 4 is 28.9 Å². The van der Waals surface area contributed by atoms with E-state index in [4.69, 9.17) is 11.6 Å². The summed E-state index contributed by atoms with van der Waals surface area (Å²) in [5.41, 5.74) is 5.49. The third-order valence-electron chi connectivity index (χ3n) is 8.20. The first-order valence-corrected chi connectivity index (χ1v) is 14.2. The molecule has 1 aliphatic carbocycles. The van der Waals surface area contributed by atoms with Gasteiger partial charge in [0.1, 0.15) is 5.82 Å². The number of nitrogens with zero attached hydrogens (tertiary/aromatic N) is 1. The maximum atomic E-state index is 14.9. The van der Waals surface area contributed by atoms with E-state index in [0.717, 1.165) is 41.8 Å². The third kappa shape index (κ3) is 6.05. The Labute approximate surface area is 230 Å². The van der Waals surface area contributed by atoms with Crippen LogP contribution in [0.5, 0.6) is 0 Å². The third-order valence-corrected chi connectivity index (χ3v) is 8.61. The average Bonchev–Trinajstić information content (AvgIpc) is 3.42. The van der Waals surface area contributed by atoms with Gasteiger partial charge in [0, 0.05) is 40.6 Å². The Morgan fingerprint density at radius 2 is 1.68 bits per heavy atom. The number of piperidine rings is 1. The van der Waals surface area contributed by atoms with E-state index < -0.39 is 0 Å². The highest BCUT2D eigenvalue weighted by atomic mass is 35.5. The van der Waals surface area contributed by atoms with E-state index in [-0.39, 0.29) is 23.7 Å². The van der Waals surface area contributed by atoms with Crippen molar-refractivity contribution in [3.05, 3.63) is 93.8 Å². The number of hydrogen-bond acceptors (Lipinski definition) is 3. The van der Waals surface area contributed by atoms with Crippen molar-refractivity contribution in [1.82, 2.24) is 4.90 Å². The highest BCUT2D eigenvalue weighted by Gasteiger charge is 2.37. The number of halogens is 2. The highest BCUT2D eigenvalue weighted by molar-refractivity contribution is 6.31. The topological polar surface area (TPSA) is 44.4 Å². The van der Waals surface area contributed by atoms with Gasteiger partial charge in [0.15, 0.2) is 0 Å². The second-order valence-electron chi connectivity index (χ2n) is 10.9. The van der Waals surface area contributed by atoms with Crippen molar-refractivity contribution in [3.63, 3.8) is 0 Å². The van der Waals surface area contributed by atoms with Crippen LogP contribution in [0.2, 0.25) is 5.02 Å². The molecule has 2 N–H and O–H groups in total. The Morgan fingerprint density at radius 3 is 2.39 bits per heavy atom. The lowest BCUT2D eigenvalue weighted by molar-refractivity contribution is -0.124. The van der Waals surface area contributed by atoms with Crippen LogP contribution in [0.4, 0.5) is 15.8 Å². The number of anilines is 2. The minimum Gasteiger partial charge on any atom is -0.382 e. The molecule has 3 aromatic rings. The van der Waals surface area contributed by atoms with Crippen molar-refractivity contribution in [2.24, 2.45) is 5.92 Å². The summed E-state index contributed by atoms with van der Waals surface area (Å²) in [4.78, 5) is 16.0. The van der Waals surface area contributed by atoms with Gasteiger partial charge in [-0.25, -0.2) is 4.39 Å². The second kappa shape index (κ2) is 11.9. The van der Waals surface area contributed by atoms with Crippen LogP contribution >= 0.6 is 11.6 Å². The van der Waals surface area contributed by atoms with Crippen LogP contribution in [0.15, 0.2) is 60.7 Å². The molecule has 1 saturated carbocycles. The largest absolute Gasteiger partial charge is 0.382 e. The fourth-order valence-corrected chi connectivity index (χ4v) is 6.20. The van der Waals surface area contributed by atoms with Crippen LogP contribution < -0.4 is 10.6 Å². The van der Waals surface area contributed by atoms with Gasteiger partial charge in [-0.3, -0.25) is 9.69 Å². The van der Waals surface area contributed by atoms with E-state index in [1.807, 2.05) is 32.0 Å². The van der Waals surface area contributed by atoms with Crippen molar-refractivity contribution in [1.29, 1.82) is 0 Å². The Morgan fingerprint density at radius 1 is 0.947 bits per heavy atom. The molecule has 5 rings (SSSR count). The van der Waals surface area contributed by atoms with Gasteiger partial charge in [-0.15, -0.1) is 0 Å². The van der Waals surface area contributed by atoms with Gasteiger partial charge < -0.3 is 10.6 Å². The number of aryl methyl sites for hydroxylation is 2. The maximum absolute atomic E-state index is 14.9. The molecule has 6 heteroatoms. The number of hydrogen-bond donors (Lipinski definition) is 2. The summed E-state index contributed by atoms with van der Waals surface area (Å²) in [5.74, 6) is -0.497. The molecule has 38 heavy (non-hydrogen) atoms. The van der Waals surface area contributed by atoms with Crippen molar-refractivity contribution in [3.8, 4) is 0 Å². The van der Waals surface area contributed by atoms with Crippen LogP contribution in [-0.4, -0.2) is 23.4 Å². The average molecular weight is 534 g/mol. The van der Waals surface area contributed by atoms with Gasteiger partial charge in [-0.2, -0.15) is 0 Å². The summed E-state index contributed by atoms with van der Waals surface area (Å²) in [6.45, 7) is 5.16. The Hall–Kier alpha value is -2.89. The molecule has 0 radical (unpaired) electrons. The monoisotopic (exact) mass is 533 g/mol. The van der Waals surface area contributed by atoms with Gasteiger partial charge in [0.25, 0.3) is 0 Å². The van der Waals surface area contributed by atoms with Crippen LogP contribution in [0.25, 0.3) is 0 Å². The van der Waals surface area contributed by atoms with E-state index in [1.165, 1.54) is 31.7 Å². The first-order chi connectivity index (χ1) is 18.4. The van der Waals surface area contributed by atoms with Crippen molar-refractivity contribution in [2.45, 2.75) is 71.0 Å². The number of nitrogens with one attached hydrogen (secondary N) is 2. The fourth-order valence-electron chi connectivity index (χ4n) is 6.02. The number of likely N-dealkylation sites (tertiary alicyclic amines) is 1. The first-order valence-electron chi connectivity index (χ1n) is 13.8. The van der Waals surface area contributed by atoms with Gasteiger partial charge >= 0.3 is 0 Å². The zero-order valence-electron chi connectivity index (χ0n) is 22.3. The van der Waals surface area contributed by atoms with Crippen LogP contribution in [0.1, 0.15) is 66.8 Å². The molecule has 200 valence electrons. The summed E-state index contributed by atoms with van der Waals surface area (Å²) >= 11 is 6.33. The number of carbonyl (C=O) groups is 1. The van der Waals surface area contributed by atoms with E-state index in [2.05, 4.69) is 39.8 Å². The summed E-state index contributed by atoms with van der Waals surface area (Å²) < 4.78 is 14.9. The second-order valence-corrected chi connectivity index (χ2v) is 11.3. The minimum absolute atomic E-state index is 0.0296. The Kier molecular flexibility index (Phi) is 8.35. The van der Waals surface area contributed by atoms with E-state index in [1.54, 1.807) is 12.1 Å². The normalized spacial score (nSPS) is 20.4. The summed E-state index contributed by atoms with van der Waals surface area (Å²) in [6, 6.07) is 19.7. The molecule has 2 atom stereocenters. The van der Waals surface area contributed by atoms with Crippen LogP contribution in [0, 0.1) is 25.6 Å². The maximum Gasteiger partial charge on any atom is 0.229 e. The van der Waals surface area contributed by atoms with E-state index in [9.17, 15) is 9.18 Å². The summed E-state index contributed by atoms with van der Waals surface area (Å²) in [5, 5.41) is 7.40. The molecule has 2 fully saturated rings. The van der Waals surface area contributed by atoms with Crippen molar-refractivity contribution in [2.75, 3.05) is 17.2 Å². The molecule has 1 aliphatic heterocycles. The number of benzene rings is 3. The highest BCUT2D eigenvalue weighted by Crippen LogP contribution is 2.39. The molecule has 4 nitrogen and oxygen atoms in total. The Balaban J connectivity index is 1.43. The van der Waals surface area contributed by atoms with Crippen LogP contribution in [-0.2, 0) is 11.3 Å². The zero-order chi connectivity index (χ0) is 26.6. The number of amides is 1. The predicted molar refractivity (Wildman–Crippen MR) is 154 cm³/mol. The van der Waals surface area contributed by atoms with Gasteiger partial charge in [0.05, 0.1) is 5.92 Å². The SMILES string of the molecule is Cc1ccc(NC(=O)[C@H]2CCCN(Cc3c(C)cccc3F)[C@H]2c2ccc(NC3CCCC3)cc2)cc1Cl. The van der Waals surface area contributed by atoms with Crippen molar-refractivity contribution < 1.29 is 9.18 Å². The van der Waals surface area contributed by atoms with E-state index >= 15 is 0 Å². The number of carbonyl (C=O) groups excluding carboxylic acids is 1. The number of rotatable bonds is 7. The van der Waals surface area contributed by atoms with Crippen LogP contribution in [0.3, 0.4) is 0 Å². The van der Waals surface area contributed by atoms with Gasteiger partial charge in [-0.1, -0.05) is 54.8 Å². The van der Waals surface area contributed by atoms with Gasteiger partial charge in [0.2, 0.25) is 5.91 Å². The lowest BCUT2D eigenvalue weighted by atomic mass is 9.83. The molecule has 0 aromatic heterocycles. The standard InChI is InChI=1S/C32H37ClFN3O/c1-21-7-5-11-30(34)28(21)20-37-18-6-10-27(32(38)36-26-15-12-22(2)29(33)19-26)31(37)23-13-16-25(17-14-23)35-24-8-3-4-9-24/h5,7,11-17,19,24,27,31,35H,3-4,6,8-10,18,20H2,1-2H3,(H,36,38)/t27-,31-/m0/s1. The molecule has 1 amide bonds. The molecule has 0 spiro atoms. The molecular weight excluding hydrogens is 497 g/mol. The van der Waals surface area contributed by atoms with E-state index in [0.29, 0.717) is 28.9 Å². The predicted octanol–water partition coefficient (Wildman–Crippen LogP) is 8.04. The molecule has 0 bridgehead atoms. The molecule has 1 saturated heterocycles. The first kappa shape index (κ1) is 26.7. The van der Waals surface area contributed by atoms with Gasteiger partial charge in [-0.05, 0) is 93.1 Å². The molecular formula is C32H37ClFN3O. The molecule has 0 unspecified atom stereocenters. The summed E-state index contributed by atoms with van der Waals surface area (Å²) in [6.07, 6.45) is 6.64. The minimum atomic E-state index is -0.274. The quantitative estimate of drug-likeness (QED) is 0.323. The lowest BCUT2D eigenvalue weighted by Gasteiger charge is -2.41. The fraction of sp³-hybridized carbons (Fsp3) is 0.406. The summed E-state index contributed by atoms with van der Waals surface area (Å²) in [7, 11) is 0. The molecule has 1 heterocycles. The molecule has 3 aromatic carbocycles. The Bertz CT molecular complexity index is 1250. The lowest BCUT2D eigenvalue weighted by Crippen LogP contribution is -2.43. The smallest absolute Gasteiger partial charge is 0.229 e. The molecule has 2 aliphatic rings. The zero-order valence-corrected chi connectivity index (χ0v) is 23.0.